The number of nitrogens with zero attached hydrogens (tertiary/aromatic N) is 3. The lowest BCUT2D eigenvalue weighted by molar-refractivity contribution is 0.642. The number of fused-ring (bicyclic) bond motifs is 3. The average Bonchev–Trinajstić information content (AvgIpc) is 2.81. The van der Waals surface area contributed by atoms with E-state index in [-0.39, 0.29) is 6.04 Å². The van der Waals surface area contributed by atoms with Crippen molar-refractivity contribution in [3.8, 4) is 6.07 Å². The third-order valence-electron chi connectivity index (χ3n) is 3.59. The summed E-state index contributed by atoms with van der Waals surface area (Å²) in [5.41, 5.74) is 3.27. The fourth-order valence-corrected chi connectivity index (χ4v) is 2.86. The summed E-state index contributed by atoms with van der Waals surface area (Å²) in [6, 6.07) is 14.0. The Kier molecular flexibility index (Phi) is 2.70. The normalized spacial score (nSPS) is 10.8. The second kappa shape index (κ2) is 4.40. The van der Waals surface area contributed by atoms with E-state index in [0.29, 0.717) is 11.3 Å². The van der Waals surface area contributed by atoms with E-state index >= 15 is 0 Å². The largest absolute Gasteiger partial charge is 0.339 e. The number of hydrogen-bond donors (Lipinski definition) is 0. The predicted molar refractivity (Wildman–Crippen MR) is 80.8 cm³/mol. The highest BCUT2D eigenvalue weighted by Crippen LogP contribution is 2.39. The van der Waals surface area contributed by atoms with Crippen molar-refractivity contribution < 1.29 is 0 Å². The highest BCUT2D eigenvalue weighted by Gasteiger charge is 2.17. The van der Waals surface area contributed by atoms with E-state index in [1.165, 1.54) is 0 Å². The molecule has 0 spiro atoms. The zero-order valence-electron chi connectivity index (χ0n) is 11.4. The van der Waals surface area contributed by atoms with Crippen molar-refractivity contribution in [3.63, 3.8) is 0 Å². The average molecular weight is 259 g/mol. The van der Waals surface area contributed by atoms with E-state index in [0.717, 1.165) is 21.8 Å². The van der Waals surface area contributed by atoms with Gasteiger partial charge in [-0.05, 0) is 32.0 Å². The topological polar surface area (TPSA) is 33.1 Å². The third kappa shape index (κ3) is 1.51. The zero-order valence-corrected chi connectivity index (χ0v) is 11.4. The molecule has 1 aromatic heterocycles. The molecule has 0 aliphatic rings. The van der Waals surface area contributed by atoms with Gasteiger partial charge in [-0.1, -0.05) is 18.2 Å². The number of aromatic nitrogens is 1. The van der Waals surface area contributed by atoms with Crippen molar-refractivity contribution in [2.75, 3.05) is 0 Å². The van der Waals surface area contributed by atoms with E-state index in [9.17, 15) is 5.26 Å². The van der Waals surface area contributed by atoms with Crippen LogP contribution >= 0.6 is 0 Å². The Balaban J connectivity index is 2.70. The zero-order chi connectivity index (χ0) is 14.3. The minimum atomic E-state index is 0.268. The molecule has 0 fully saturated rings. The molecule has 3 nitrogen and oxygen atoms in total. The quantitative estimate of drug-likeness (QED) is 0.578. The molecular formula is C17H13N3. The van der Waals surface area contributed by atoms with E-state index in [2.05, 4.69) is 29.3 Å². The first-order chi connectivity index (χ1) is 9.69. The van der Waals surface area contributed by atoms with Gasteiger partial charge in [-0.3, -0.25) is 0 Å². The molecule has 0 saturated heterocycles. The molecule has 0 saturated carbocycles. The molecule has 3 rings (SSSR count). The van der Waals surface area contributed by atoms with Crippen molar-refractivity contribution in [1.82, 2.24) is 4.57 Å². The van der Waals surface area contributed by atoms with Crippen molar-refractivity contribution in [2.24, 2.45) is 0 Å². The molecule has 0 atom stereocenters. The summed E-state index contributed by atoms with van der Waals surface area (Å²) in [5.74, 6) is 0. The molecule has 0 N–H and O–H groups in total. The van der Waals surface area contributed by atoms with Crippen LogP contribution < -0.4 is 0 Å². The first kappa shape index (κ1) is 12.3. The maximum Gasteiger partial charge on any atom is 0.197 e. The number of rotatable bonds is 1. The van der Waals surface area contributed by atoms with Crippen molar-refractivity contribution >= 4 is 27.5 Å². The number of hydrogen-bond acceptors (Lipinski definition) is 1. The Bertz CT molecular complexity index is 831. The first-order valence-electron chi connectivity index (χ1n) is 6.52. The van der Waals surface area contributed by atoms with Gasteiger partial charge in [0.05, 0.1) is 18.2 Å². The van der Waals surface area contributed by atoms with E-state index in [1.54, 1.807) is 0 Å². The minimum Gasteiger partial charge on any atom is -0.339 e. The van der Waals surface area contributed by atoms with Gasteiger partial charge in [0, 0.05) is 27.8 Å². The van der Waals surface area contributed by atoms with Crippen LogP contribution in [0.25, 0.3) is 26.7 Å². The minimum absolute atomic E-state index is 0.268. The summed E-state index contributed by atoms with van der Waals surface area (Å²) in [4.78, 5) is 3.62. The van der Waals surface area contributed by atoms with Crippen molar-refractivity contribution in [2.45, 2.75) is 19.9 Å². The molecule has 1 heterocycles. The van der Waals surface area contributed by atoms with Crippen LogP contribution in [-0.4, -0.2) is 4.57 Å². The van der Waals surface area contributed by atoms with Crippen LogP contribution in [-0.2, 0) is 0 Å². The summed E-state index contributed by atoms with van der Waals surface area (Å²) in [5, 5.41) is 11.2. The van der Waals surface area contributed by atoms with Gasteiger partial charge in [0.15, 0.2) is 5.69 Å². The van der Waals surface area contributed by atoms with Crippen LogP contribution in [0.2, 0.25) is 0 Å². The van der Waals surface area contributed by atoms with Gasteiger partial charge >= 0.3 is 0 Å². The monoisotopic (exact) mass is 259 g/mol. The van der Waals surface area contributed by atoms with Crippen LogP contribution in [0.15, 0.2) is 36.4 Å². The Hall–Kier alpha value is -2.78. The highest BCUT2D eigenvalue weighted by atomic mass is 15.0. The predicted octanol–water partition coefficient (Wildman–Crippen LogP) is 4.80. The Morgan fingerprint density at radius 1 is 1.10 bits per heavy atom. The fraction of sp³-hybridized carbons (Fsp3) is 0.176. The number of nitriles is 1. The lowest BCUT2D eigenvalue weighted by atomic mass is 10.1. The maximum atomic E-state index is 9.37. The lowest BCUT2D eigenvalue weighted by Crippen LogP contribution is -1.99. The van der Waals surface area contributed by atoms with Crippen LogP contribution in [0, 0.1) is 17.9 Å². The molecule has 0 amide bonds. The fourth-order valence-electron chi connectivity index (χ4n) is 2.86. The molecule has 0 radical (unpaired) electrons. The van der Waals surface area contributed by atoms with Gasteiger partial charge < -0.3 is 4.57 Å². The van der Waals surface area contributed by atoms with Gasteiger partial charge in [-0.2, -0.15) is 5.26 Å². The molecule has 0 bridgehead atoms. The molecule has 3 aromatic rings. The second-order valence-electron chi connectivity index (χ2n) is 5.06. The Labute approximate surface area is 117 Å². The van der Waals surface area contributed by atoms with Gasteiger partial charge in [0.1, 0.15) is 0 Å². The molecule has 20 heavy (non-hydrogen) atoms. The van der Waals surface area contributed by atoms with Gasteiger partial charge in [0.2, 0.25) is 0 Å². The maximum absolute atomic E-state index is 9.37. The second-order valence-corrected chi connectivity index (χ2v) is 5.06. The first-order valence-corrected chi connectivity index (χ1v) is 6.52. The van der Waals surface area contributed by atoms with Crippen LogP contribution in [0.1, 0.15) is 25.5 Å². The van der Waals surface area contributed by atoms with Crippen LogP contribution in [0.3, 0.4) is 0 Å². The van der Waals surface area contributed by atoms with E-state index in [4.69, 9.17) is 6.57 Å². The van der Waals surface area contributed by atoms with Crippen molar-refractivity contribution in [3.05, 3.63) is 53.4 Å². The molecule has 96 valence electrons. The standard InChI is InChI=1S/C17H13N3/c1-11(2)20-14-8-4-6-12(10-18)16(14)17-13(19-3)7-5-9-15(17)20/h4-9,11H,1-2H3. The molecule has 2 aromatic carbocycles. The lowest BCUT2D eigenvalue weighted by Gasteiger charge is -2.11. The van der Waals surface area contributed by atoms with E-state index in [1.807, 2.05) is 36.4 Å². The van der Waals surface area contributed by atoms with Crippen LogP contribution in [0.4, 0.5) is 5.69 Å². The molecule has 0 unspecified atom stereocenters. The van der Waals surface area contributed by atoms with Gasteiger partial charge in [0.25, 0.3) is 0 Å². The molecule has 0 aliphatic carbocycles. The molecular weight excluding hydrogens is 246 g/mol. The Morgan fingerprint density at radius 3 is 2.35 bits per heavy atom. The highest BCUT2D eigenvalue weighted by molar-refractivity contribution is 6.16. The third-order valence-corrected chi connectivity index (χ3v) is 3.59. The van der Waals surface area contributed by atoms with Crippen molar-refractivity contribution in [1.29, 1.82) is 5.26 Å². The smallest absolute Gasteiger partial charge is 0.197 e. The Morgan fingerprint density at radius 2 is 1.75 bits per heavy atom. The SMILES string of the molecule is [C-]#[N+]c1cccc2c1c1c(C#N)cccc1n2C(C)C. The van der Waals surface area contributed by atoms with Crippen LogP contribution in [0.5, 0.6) is 0 Å². The summed E-state index contributed by atoms with van der Waals surface area (Å²) in [7, 11) is 0. The summed E-state index contributed by atoms with van der Waals surface area (Å²) in [6.07, 6.45) is 0. The molecule has 0 aliphatic heterocycles. The van der Waals surface area contributed by atoms with E-state index < -0.39 is 0 Å². The van der Waals surface area contributed by atoms with Gasteiger partial charge in [-0.25, -0.2) is 4.85 Å². The number of benzene rings is 2. The summed E-state index contributed by atoms with van der Waals surface area (Å²) < 4.78 is 2.19. The summed E-state index contributed by atoms with van der Waals surface area (Å²) >= 11 is 0. The molecule has 3 heteroatoms. The summed E-state index contributed by atoms with van der Waals surface area (Å²) in [6.45, 7) is 11.6. The van der Waals surface area contributed by atoms with Gasteiger partial charge in [-0.15, -0.1) is 0 Å².